The maximum atomic E-state index is 5.18. The van der Waals surface area contributed by atoms with Gasteiger partial charge in [0.25, 0.3) is 0 Å². The monoisotopic (exact) mass is 210 g/mol. The fraction of sp³-hybridized carbons (Fsp3) is 0.833. The molecule has 0 aromatic heterocycles. The molecule has 0 aliphatic carbocycles. The minimum Gasteiger partial charge on any atom is -0.384 e. The van der Waals surface area contributed by atoms with Gasteiger partial charge in [-0.3, -0.25) is 0 Å². The summed E-state index contributed by atoms with van der Waals surface area (Å²) in [5.41, 5.74) is 0. The molecule has 3 heteroatoms. The number of hydrogen-bond donors (Lipinski definition) is 1. The van der Waals surface area contributed by atoms with Gasteiger partial charge in [0.05, 0.1) is 6.54 Å². The lowest BCUT2D eigenvalue weighted by Gasteiger charge is -2.31. The van der Waals surface area contributed by atoms with Gasteiger partial charge in [0, 0.05) is 26.8 Å². The van der Waals surface area contributed by atoms with E-state index in [9.17, 15) is 0 Å². The largest absolute Gasteiger partial charge is 0.384 e. The van der Waals surface area contributed by atoms with Crippen molar-refractivity contribution in [2.45, 2.75) is 12.8 Å². The van der Waals surface area contributed by atoms with Crippen molar-refractivity contribution in [1.29, 1.82) is 0 Å². The molecule has 1 aliphatic heterocycles. The van der Waals surface area contributed by atoms with Crippen LogP contribution in [0.4, 0.5) is 0 Å². The Morgan fingerprint density at radius 1 is 1.47 bits per heavy atom. The van der Waals surface area contributed by atoms with Crippen LogP contribution in [0.15, 0.2) is 0 Å². The highest BCUT2D eigenvalue weighted by Crippen LogP contribution is 2.16. The van der Waals surface area contributed by atoms with Crippen LogP contribution in [0.3, 0.4) is 0 Å². The predicted octanol–water partition coefficient (Wildman–Crippen LogP) is 0.568. The molecule has 0 unspecified atom stereocenters. The Labute approximate surface area is 93.2 Å². The molecule has 1 aliphatic rings. The number of rotatable bonds is 6. The van der Waals surface area contributed by atoms with Crippen LogP contribution in [-0.2, 0) is 4.74 Å². The lowest BCUT2D eigenvalue weighted by molar-refractivity contribution is 0.1000. The van der Waals surface area contributed by atoms with Crippen LogP contribution >= 0.6 is 0 Å². The molecule has 0 radical (unpaired) electrons. The molecule has 0 amide bonds. The minimum absolute atomic E-state index is 0.681. The van der Waals surface area contributed by atoms with Gasteiger partial charge in [-0.15, -0.1) is 6.42 Å². The second-order valence-electron chi connectivity index (χ2n) is 4.12. The number of hydrogen-bond acceptors (Lipinski definition) is 3. The maximum Gasteiger partial charge on any atom is 0.0574 e. The lowest BCUT2D eigenvalue weighted by atomic mass is 9.98. The molecule has 0 saturated carbocycles. The van der Waals surface area contributed by atoms with Crippen LogP contribution in [0.5, 0.6) is 0 Å². The highest BCUT2D eigenvalue weighted by molar-refractivity contribution is 4.86. The molecule has 0 bridgehead atoms. The van der Waals surface area contributed by atoms with Gasteiger partial charge in [-0.25, -0.2) is 0 Å². The van der Waals surface area contributed by atoms with Gasteiger partial charge < -0.3 is 15.0 Å². The molecular formula is C12H22N2O. The van der Waals surface area contributed by atoms with E-state index in [4.69, 9.17) is 11.2 Å². The van der Waals surface area contributed by atoms with E-state index in [1.165, 1.54) is 25.9 Å². The Kier molecular flexibility index (Phi) is 6.42. The van der Waals surface area contributed by atoms with Crippen molar-refractivity contribution >= 4 is 0 Å². The Morgan fingerprint density at radius 2 is 2.20 bits per heavy atom. The summed E-state index contributed by atoms with van der Waals surface area (Å²) >= 11 is 0. The van der Waals surface area contributed by atoms with Crippen molar-refractivity contribution in [2.24, 2.45) is 5.92 Å². The summed E-state index contributed by atoms with van der Waals surface area (Å²) in [5, 5.41) is 3.22. The van der Waals surface area contributed by atoms with Gasteiger partial charge in [0.15, 0.2) is 0 Å². The summed E-state index contributed by atoms with van der Waals surface area (Å²) in [6, 6.07) is 0. The molecule has 86 valence electrons. The van der Waals surface area contributed by atoms with Crippen LogP contribution in [0.25, 0.3) is 0 Å². The van der Waals surface area contributed by atoms with Gasteiger partial charge in [-0.1, -0.05) is 5.92 Å². The first-order valence-electron chi connectivity index (χ1n) is 5.72. The highest BCUT2D eigenvalue weighted by Gasteiger charge is 2.18. The van der Waals surface area contributed by atoms with Crippen molar-refractivity contribution in [1.82, 2.24) is 10.2 Å². The van der Waals surface area contributed by atoms with Crippen LogP contribution in [0, 0.1) is 18.3 Å². The zero-order chi connectivity index (χ0) is 10.9. The number of likely N-dealkylation sites (tertiary alicyclic amines) is 1. The molecule has 0 aromatic rings. The maximum absolute atomic E-state index is 5.18. The standard InChI is InChI=1S/C12H22N2O/c1-3-6-13-7-10-14-8-4-12(5-9-14)11-15-2/h1,12-13H,4-11H2,2H3. The minimum atomic E-state index is 0.681. The van der Waals surface area contributed by atoms with E-state index in [1.807, 2.05) is 0 Å². The Hall–Kier alpha value is -0.560. The van der Waals surface area contributed by atoms with Crippen molar-refractivity contribution in [3.63, 3.8) is 0 Å². The summed E-state index contributed by atoms with van der Waals surface area (Å²) in [4.78, 5) is 2.50. The first-order valence-corrected chi connectivity index (χ1v) is 5.72. The Balaban J connectivity index is 2.02. The Bertz CT molecular complexity index is 192. The van der Waals surface area contributed by atoms with E-state index in [0.29, 0.717) is 6.54 Å². The van der Waals surface area contributed by atoms with Crippen LogP contribution < -0.4 is 5.32 Å². The predicted molar refractivity (Wildman–Crippen MR) is 62.7 cm³/mol. The summed E-state index contributed by atoms with van der Waals surface area (Å²) in [7, 11) is 1.79. The SMILES string of the molecule is C#CCNCCN1CCC(COC)CC1. The number of nitrogens with one attached hydrogen (secondary N) is 1. The molecule has 1 fully saturated rings. The fourth-order valence-electron chi connectivity index (χ4n) is 2.01. The number of methoxy groups -OCH3 is 1. The fourth-order valence-corrected chi connectivity index (χ4v) is 2.01. The molecule has 1 N–H and O–H groups in total. The van der Waals surface area contributed by atoms with Gasteiger partial charge in [0.1, 0.15) is 0 Å². The van der Waals surface area contributed by atoms with Crippen molar-refractivity contribution in [3.05, 3.63) is 0 Å². The van der Waals surface area contributed by atoms with E-state index in [2.05, 4.69) is 16.1 Å². The molecule has 1 saturated heterocycles. The van der Waals surface area contributed by atoms with Crippen molar-refractivity contribution in [3.8, 4) is 12.3 Å². The third-order valence-corrected chi connectivity index (χ3v) is 2.94. The quantitative estimate of drug-likeness (QED) is 0.512. The topological polar surface area (TPSA) is 24.5 Å². The smallest absolute Gasteiger partial charge is 0.0574 e. The van der Waals surface area contributed by atoms with Crippen LogP contribution in [0.1, 0.15) is 12.8 Å². The van der Waals surface area contributed by atoms with Gasteiger partial charge in [-0.05, 0) is 31.8 Å². The zero-order valence-corrected chi connectivity index (χ0v) is 9.67. The second kappa shape index (κ2) is 7.70. The van der Waals surface area contributed by atoms with Gasteiger partial charge in [-0.2, -0.15) is 0 Å². The molecule has 15 heavy (non-hydrogen) atoms. The van der Waals surface area contributed by atoms with E-state index >= 15 is 0 Å². The molecule has 0 atom stereocenters. The molecule has 0 aromatic carbocycles. The van der Waals surface area contributed by atoms with Crippen LogP contribution in [0.2, 0.25) is 0 Å². The van der Waals surface area contributed by atoms with Crippen LogP contribution in [-0.4, -0.2) is 51.3 Å². The van der Waals surface area contributed by atoms with Crippen molar-refractivity contribution in [2.75, 3.05) is 46.4 Å². The van der Waals surface area contributed by atoms with Gasteiger partial charge >= 0.3 is 0 Å². The number of nitrogens with zero attached hydrogens (tertiary/aromatic N) is 1. The number of ether oxygens (including phenoxy) is 1. The number of piperidine rings is 1. The third kappa shape index (κ3) is 5.17. The normalized spacial score (nSPS) is 18.9. The summed E-state index contributed by atoms with van der Waals surface area (Å²) < 4.78 is 5.18. The summed E-state index contributed by atoms with van der Waals surface area (Å²) in [6.45, 7) is 6.11. The molecule has 1 heterocycles. The molecule has 3 nitrogen and oxygen atoms in total. The molecule has 1 rings (SSSR count). The van der Waals surface area contributed by atoms with Crippen molar-refractivity contribution < 1.29 is 4.74 Å². The zero-order valence-electron chi connectivity index (χ0n) is 9.67. The second-order valence-corrected chi connectivity index (χ2v) is 4.12. The summed E-state index contributed by atoms with van der Waals surface area (Å²) in [5.74, 6) is 3.35. The molecule has 0 spiro atoms. The van der Waals surface area contributed by atoms with E-state index < -0.39 is 0 Å². The van der Waals surface area contributed by atoms with E-state index in [0.717, 1.165) is 25.6 Å². The average molecular weight is 210 g/mol. The van der Waals surface area contributed by atoms with E-state index in [1.54, 1.807) is 7.11 Å². The highest BCUT2D eigenvalue weighted by atomic mass is 16.5. The Morgan fingerprint density at radius 3 is 2.80 bits per heavy atom. The number of terminal acetylenes is 1. The first-order chi connectivity index (χ1) is 7.36. The average Bonchev–Trinajstić information content (AvgIpc) is 2.27. The third-order valence-electron chi connectivity index (χ3n) is 2.94. The van der Waals surface area contributed by atoms with E-state index in [-0.39, 0.29) is 0 Å². The van der Waals surface area contributed by atoms with Gasteiger partial charge in [0.2, 0.25) is 0 Å². The first kappa shape index (κ1) is 12.5. The summed E-state index contributed by atoms with van der Waals surface area (Å²) in [6.07, 6.45) is 7.69. The molecular weight excluding hydrogens is 188 g/mol. The lowest BCUT2D eigenvalue weighted by Crippen LogP contribution is -2.39.